The quantitative estimate of drug-likeness (QED) is 0.306. The third-order valence-corrected chi connectivity index (χ3v) is 5.61. The van der Waals surface area contributed by atoms with E-state index in [1.807, 2.05) is 37.3 Å². The lowest BCUT2D eigenvalue weighted by atomic mass is 10.0. The van der Waals surface area contributed by atoms with E-state index in [1.54, 1.807) is 12.1 Å². The Morgan fingerprint density at radius 3 is 2.67 bits per heavy atom. The maximum Gasteiger partial charge on any atom is 0.247 e. The summed E-state index contributed by atoms with van der Waals surface area (Å²) in [6.07, 6.45) is 1.38. The molecule has 2 aromatic carbocycles. The number of phenolic OH excluding ortho intramolecular Hbond substituents is 1. The van der Waals surface area contributed by atoms with Crippen molar-refractivity contribution in [3.05, 3.63) is 59.7 Å². The number of hydrogen-bond acceptors (Lipinski definition) is 6. The van der Waals surface area contributed by atoms with Crippen LogP contribution in [0.2, 0.25) is 0 Å². The van der Waals surface area contributed by atoms with Crippen molar-refractivity contribution in [3.63, 3.8) is 0 Å². The predicted octanol–water partition coefficient (Wildman–Crippen LogP) is 0.562. The summed E-state index contributed by atoms with van der Waals surface area (Å²) in [6, 6.07) is 13.1. The highest BCUT2D eigenvalue weighted by Crippen LogP contribution is 2.24. The minimum atomic E-state index is -0.808. The normalized spacial score (nSPS) is 18.4. The number of carbonyl (C=O) groups is 3. The molecule has 3 amide bonds. The molecule has 33 heavy (non-hydrogen) atoms. The molecule has 176 valence electrons. The first kappa shape index (κ1) is 24.2. The summed E-state index contributed by atoms with van der Waals surface area (Å²) in [5, 5.41) is 21.5. The number of carbonyl (C=O) groups excluding carboxylic acids is 3. The Bertz CT molecular complexity index is 982. The van der Waals surface area contributed by atoms with Gasteiger partial charge in [-0.15, -0.1) is 0 Å². The van der Waals surface area contributed by atoms with Crippen LogP contribution in [0.25, 0.3) is 0 Å². The number of nitrogens with one attached hydrogen (secondary N) is 4. The first-order valence-electron chi connectivity index (χ1n) is 11.0. The molecule has 9 nitrogen and oxygen atoms in total. The Morgan fingerprint density at radius 1 is 1.18 bits per heavy atom. The van der Waals surface area contributed by atoms with Gasteiger partial charge in [-0.2, -0.15) is 0 Å². The van der Waals surface area contributed by atoms with Crippen LogP contribution in [0.15, 0.2) is 48.5 Å². The van der Waals surface area contributed by atoms with E-state index in [2.05, 4.69) is 21.3 Å². The highest BCUT2D eigenvalue weighted by atomic mass is 16.3. The second-order valence-electron chi connectivity index (χ2n) is 8.26. The Kier molecular flexibility index (Phi) is 8.39. The molecule has 0 saturated carbocycles. The van der Waals surface area contributed by atoms with Gasteiger partial charge in [0.25, 0.3) is 0 Å². The summed E-state index contributed by atoms with van der Waals surface area (Å²) in [6.45, 7) is 2.19. The second-order valence-corrected chi connectivity index (χ2v) is 8.26. The molecule has 1 aliphatic heterocycles. The molecule has 0 spiro atoms. The molecule has 0 bridgehead atoms. The molecule has 0 aromatic heterocycles. The Hall–Kier alpha value is -3.43. The van der Waals surface area contributed by atoms with Crippen molar-refractivity contribution in [3.8, 4) is 5.75 Å². The maximum atomic E-state index is 13.1. The van der Waals surface area contributed by atoms with E-state index in [-0.39, 0.29) is 30.2 Å². The lowest BCUT2D eigenvalue weighted by Crippen LogP contribution is -2.50. The molecule has 7 N–H and O–H groups in total. The lowest BCUT2D eigenvalue weighted by molar-refractivity contribution is -0.127. The fourth-order valence-electron chi connectivity index (χ4n) is 3.80. The summed E-state index contributed by atoms with van der Waals surface area (Å²) in [4.78, 5) is 37.5. The number of phenols is 1. The Morgan fingerprint density at radius 2 is 1.94 bits per heavy atom. The largest absolute Gasteiger partial charge is 0.506 e. The van der Waals surface area contributed by atoms with E-state index in [1.165, 1.54) is 6.07 Å². The van der Waals surface area contributed by atoms with Crippen molar-refractivity contribution >= 4 is 23.4 Å². The number of hydrogen-bond donors (Lipinski definition) is 6. The molecule has 3 atom stereocenters. The van der Waals surface area contributed by atoms with Gasteiger partial charge in [0, 0.05) is 12.6 Å². The third-order valence-electron chi connectivity index (χ3n) is 5.61. The van der Waals surface area contributed by atoms with Gasteiger partial charge in [-0.3, -0.25) is 14.4 Å². The van der Waals surface area contributed by atoms with E-state index >= 15 is 0 Å². The van der Waals surface area contributed by atoms with Crippen molar-refractivity contribution in [1.29, 1.82) is 0 Å². The van der Waals surface area contributed by atoms with Crippen LogP contribution in [0.3, 0.4) is 0 Å². The molecule has 0 unspecified atom stereocenters. The molecule has 0 radical (unpaired) electrons. The molecule has 0 aliphatic carbocycles. The zero-order valence-corrected chi connectivity index (χ0v) is 18.6. The molecule has 9 heteroatoms. The third kappa shape index (κ3) is 7.03. The minimum absolute atomic E-state index is 0.0435. The molecule has 2 aromatic rings. The fraction of sp³-hybridized carbons (Fsp3) is 0.375. The SMILES string of the molecule is Cc1ccc(O)c(NC(=O)[C@@H](CCc2ccccc2)NC(=O)[C@@H]2C[C@@H](NC(=O)CN)CN2)c1. The zero-order chi connectivity index (χ0) is 23.8. The maximum absolute atomic E-state index is 13.1. The van der Waals surface area contributed by atoms with Gasteiger partial charge in [-0.25, -0.2) is 0 Å². The zero-order valence-electron chi connectivity index (χ0n) is 18.6. The van der Waals surface area contributed by atoms with Crippen LogP contribution in [0, 0.1) is 6.92 Å². The molecule has 3 rings (SSSR count). The first-order valence-corrected chi connectivity index (χ1v) is 11.0. The number of anilines is 1. The standard InChI is InChI=1S/C24H31N5O4/c1-15-7-10-21(30)19(11-15)29-23(32)18(9-8-16-5-3-2-4-6-16)28-24(33)20-12-17(14-26-20)27-22(31)13-25/h2-7,10-11,17-18,20,26,30H,8-9,12-14,25H2,1H3,(H,27,31)(H,28,33)(H,29,32)/t17-,18-,20+/m1/s1. The summed E-state index contributed by atoms with van der Waals surface area (Å²) < 4.78 is 0. The van der Waals surface area contributed by atoms with E-state index < -0.39 is 18.0 Å². The number of aryl methyl sites for hydroxylation is 2. The number of benzene rings is 2. The van der Waals surface area contributed by atoms with Crippen molar-refractivity contribution in [2.75, 3.05) is 18.4 Å². The van der Waals surface area contributed by atoms with Gasteiger partial charge >= 0.3 is 0 Å². The van der Waals surface area contributed by atoms with Gasteiger partial charge in [-0.05, 0) is 49.4 Å². The predicted molar refractivity (Wildman–Crippen MR) is 126 cm³/mol. The van der Waals surface area contributed by atoms with Gasteiger partial charge in [0.1, 0.15) is 11.8 Å². The van der Waals surface area contributed by atoms with Gasteiger partial charge in [-0.1, -0.05) is 36.4 Å². The van der Waals surface area contributed by atoms with Crippen LogP contribution < -0.4 is 27.0 Å². The van der Waals surface area contributed by atoms with Crippen molar-refractivity contribution < 1.29 is 19.5 Å². The molecule has 1 saturated heterocycles. The van der Waals surface area contributed by atoms with Crippen molar-refractivity contribution in [2.24, 2.45) is 5.73 Å². The van der Waals surface area contributed by atoms with E-state index in [9.17, 15) is 19.5 Å². The summed E-state index contributed by atoms with van der Waals surface area (Å²) >= 11 is 0. The van der Waals surface area contributed by atoms with Crippen molar-refractivity contribution in [2.45, 2.75) is 44.3 Å². The number of aromatic hydroxyl groups is 1. The van der Waals surface area contributed by atoms with Crippen LogP contribution in [-0.2, 0) is 20.8 Å². The second kappa shape index (κ2) is 11.4. The summed E-state index contributed by atoms with van der Waals surface area (Å²) in [5.41, 5.74) is 7.56. The van der Waals surface area contributed by atoms with Gasteiger partial charge < -0.3 is 32.1 Å². The Labute approximate surface area is 193 Å². The lowest BCUT2D eigenvalue weighted by Gasteiger charge is -2.21. The van der Waals surface area contributed by atoms with Crippen molar-refractivity contribution in [1.82, 2.24) is 16.0 Å². The summed E-state index contributed by atoms with van der Waals surface area (Å²) in [7, 11) is 0. The van der Waals surface area contributed by atoms with Crippen LogP contribution in [0.4, 0.5) is 5.69 Å². The van der Waals surface area contributed by atoms with Crippen LogP contribution in [0.1, 0.15) is 24.0 Å². The Balaban J connectivity index is 1.67. The highest BCUT2D eigenvalue weighted by Gasteiger charge is 2.32. The molecular weight excluding hydrogens is 422 g/mol. The van der Waals surface area contributed by atoms with Gasteiger partial charge in [0.2, 0.25) is 17.7 Å². The van der Waals surface area contributed by atoms with Crippen LogP contribution in [-0.4, -0.2) is 54.0 Å². The van der Waals surface area contributed by atoms with Gasteiger partial charge in [0.15, 0.2) is 0 Å². The molecule has 1 fully saturated rings. The molecule has 1 aliphatic rings. The monoisotopic (exact) mass is 453 g/mol. The van der Waals surface area contributed by atoms with Gasteiger partial charge in [0.05, 0.1) is 18.3 Å². The molecule has 1 heterocycles. The van der Waals surface area contributed by atoms with Crippen LogP contribution >= 0.6 is 0 Å². The number of rotatable bonds is 9. The van der Waals surface area contributed by atoms with E-state index in [0.717, 1.165) is 11.1 Å². The molecular formula is C24H31N5O4. The average molecular weight is 454 g/mol. The smallest absolute Gasteiger partial charge is 0.247 e. The highest BCUT2D eigenvalue weighted by molar-refractivity contribution is 5.98. The van der Waals surface area contributed by atoms with E-state index in [0.29, 0.717) is 31.5 Å². The number of nitrogens with two attached hydrogens (primary N) is 1. The van der Waals surface area contributed by atoms with E-state index in [4.69, 9.17) is 5.73 Å². The average Bonchev–Trinajstić information content (AvgIpc) is 3.28. The minimum Gasteiger partial charge on any atom is -0.506 e. The summed E-state index contributed by atoms with van der Waals surface area (Å²) in [5.74, 6) is -1.05. The number of amides is 3. The van der Waals surface area contributed by atoms with Crippen LogP contribution in [0.5, 0.6) is 5.75 Å². The fourth-order valence-corrected chi connectivity index (χ4v) is 3.80. The first-order chi connectivity index (χ1) is 15.9. The topological polar surface area (TPSA) is 146 Å².